The number of thioether (sulfide) groups is 1. The van der Waals surface area contributed by atoms with Gasteiger partial charge in [-0.05, 0) is 62.8 Å². The fourth-order valence-corrected chi connectivity index (χ4v) is 10.4. The number of carbonyl (C=O) groups excluding carboxylic acids is 4. The second-order valence-electron chi connectivity index (χ2n) is 13.3. The summed E-state index contributed by atoms with van der Waals surface area (Å²) in [4.78, 5) is 52.5. The number of ketones is 2. The zero-order valence-electron chi connectivity index (χ0n) is 25.6. The fraction of sp³-hybridized carbons (Fsp3) is 0.576. The van der Waals surface area contributed by atoms with E-state index in [2.05, 4.69) is 0 Å². The summed E-state index contributed by atoms with van der Waals surface area (Å²) in [5.74, 6) is -3.12. The van der Waals surface area contributed by atoms with Crippen LogP contribution in [0.4, 0.5) is 4.39 Å². The molecule has 4 aliphatic rings. The molecule has 1 aromatic carbocycles. The van der Waals surface area contributed by atoms with Crippen LogP contribution in [0.25, 0.3) is 0 Å². The largest absolute Gasteiger partial charge is 0.449 e. The standard InChI is InChI=1S/C33H39FO8S2/c1-6-28(38)42-33(29(39)43-18-26(36)20-7-10-23(11-8-20)44(5,40)41)19(2)15-25-24-12-9-21-16-22(35)13-14-30(21,3)32(24,34)27(37)17-31(25,33)4/h7-8,10-11,13-14,16,19,24-25,27,37H,6,9,12,15,17-18H2,1-5H3/t19-,24-,25-,27-,30-,31-,32-,33-/m0/s1. The van der Waals surface area contributed by atoms with Crippen LogP contribution in [0.1, 0.15) is 70.2 Å². The van der Waals surface area contributed by atoms with Crippen LogP contribution in [-0.2, 0) is 29.0 Å². The first-order valence-electron chi connectivity index (χ1n) is 15.0. The van der Waals surface area contributed by atoms with Crippen molar-refractivity contribution in [3.05, 3.63) is 53.6 Å². The summed E-state index contributed by atoms with van der Waals surface area (Å²) >= 11 is 0.726. The molecule has 0 radical (unpaired) electrons. The first-order valence-corrected chi connectivity index (χ1v) is 17.9. The molecule has 3 fully saturated rings. The van der Waals surface area contributed by atoms with Gasteiger partial charge in [-0.3, -0.25) is 19.2 Å². The van der Waals surface area contributed by atoms with Gasteiger partial charge in [0.25, 0.3) is 0 Å². The van der Waals surface area contributed by atoms with Crippen LogP contribution < -0.4 is 0 Å². The van der Waals surface area contributed by atoms with Gasteiger partial charge in [0.15, 0.2) is 32.7 Å². The number of esters is 1. The molecule has 11 heteroatoms. The number of sulfone groups is 1. The second kappa shape index (κ2) is 11.0. The molecule has 0 spiro atoms. The van der Waals surface area contributed by atoms with Gasteiger partial charge < -0.3 is 9.84 Å². The van der Waals surface area contributed by atoms with Crippen LogP contribution in [0.3, 0.4) is 0 Å². The van der Waals surface area contributed by atoms with E-state index < -0.39 is 72.7 Å². The van der Waals surface area contributed by atoms with Crippen molar-refractivity contribution >= 4 is 44.3 Å². The number of benzene rings is 1. The molecule has 8 nitrogen and oxygen atoms in total. The van der Waals surface area contributed by atoms with Crippen LogP contribution >= 0.6 is 11.8 Å². The van der Waals surface area contributed by atoms with E-state index in [0.29, 0.717) is 24.8 Å². The number of carbonyl (C=O) groups is 4. The quantitative estimate of drug-likeness (QED) is 0.327. The van der Waals surface area contributed by atoms with Gasteiger partial charge in [-0.15, -0.1) is 0 Å². The van der Waals surface area contributed by atoms with Gasteiger partial charge >= 0.3 is 5.97 Å². The molecule has 0 amide bonds. The van der Waals surface area contributed by atoms with Crippen LogP contribution in [0.5, 0.6) is 0 Å². The summed E-state index contributed by atoms with van der Waals surface area (Å²) in [6, 6.07) is 5.45. The van der Waals surface area contributed by atoms with Gasteiger partial charge in [0.1, 0.15) is 0 Å². The summed E-state index contributed by atoms with van der Waals surface area (Å²) in [5.41, 5.74) is -5.27. The first kappa shape index (κ1) is 32.8. The molecule has 1 N–H and O–H groups in total. The molecular formula is C33H39FO8S2. The molecule has 3 saturated carbocycles. The molecule has 44 heavy (non-hydrogen) atoms. The highest BCUT2D eigenvalue weighted by Crippen LogP contribution is 2.71. The van der Waals surface area contributed by atoms with E-state index in [9.17, 15) is 32.7 Å². The van der Waals surface area contributed by atoms with Crippen LogP contribution in [0.15, 0.2) is 53.0 Å². The van der Waals surface area contributed by atoms with E-state index in [0.717, 1.165) is 18.0 Å². The minimum absolute atomic E-state index is 0.00284. The minimum Gasteiger partial charge on any atom is -0.449 e. The van der Waals surface area contributed by atoms with Crippen molar-refractivity contribution in [1.29, 1.82) is 0 Å². The molecule has 0 aromatic heterocycles. The fourth-order valence-electron chi connectivity index (χ4n) is 8.69. The van der Waals surface area contributed by atoms with Crippen molar-refractivity contribution in [3.63, 3.8) is 0 Å². The Balaban J connectivity index is 1.48. The van der Waals surface area contributed by atoms with E-state index >= 15 is 4.39 Å². The predicted octanol–water partition coefficient (Wildman–Crippen LogP) is 4.84. The van der Waals surface area contributed by atoms with E-state index in [4.69, 9.17) is 4.74 Å². The highest BCUT2D eigenvalue weighted by molar-refractivity contribution is 8.14. The smallest absolute Gasteiger partial charge is 0.306 e. The Morgan fingerprint density at radius 1 is 1.14 bits per heavy atom. The van der Waals surface area contributed by atoms with Crippen molar-refractivity contribution in [3.8, 4) is 0 Å². The summed E-state index contributed by atoms with van der Waals surface area (Å²) in [6.07, 6.45) is 5.00. The number of aliphatic hydroxyl groups is 1. The lowest BCUT2D eigenvalue weighted by Gasteiger charge is -2.62. The predicted molar refractivity (Wildman–Crippen MR) is 163 cm³/mol. The Labute approximate surface area is 261 Å². The Bertz CT molecular complexity index is 1580. The lowest BCUT2D eigenvalue weighted by Crippen LogP contribution is -2.69. The maximum Gasteiger partial charge on any atom is 0.306 e. The van der Waals surface area contributed by atoms with Gasteiger partial charge in [0.05, 0.1) is 16.8 Å². The zero-order chi connectivity index (χ0) is 32.5. The van der Waals surface area contributed by atoms with Crippen molar-refractivity contribution < 1.29 is 41.8 Å². The second-order valence-corrected chi connectivity index (χ2v) is 16.2. The van der Waals surface area contributed by atoms with E-state index in [1.165, 1.54) is 36.4 Å². The molecule has 0 saturated heterocycles. The Hall–Kier alpha value is -2.63. The van der Waals surface area contributed by atoms with Gasteiger partial charge in [0.2, 0.25) is 5.12 Å². The SMILES string of the molecule is CCC(=O)O[C@]1(C(=O)SCC(=O)c2ccc(S(C)(=O)=O)cc2)[C@@H](C)C[C@H]2[C@@H]3CCC4=CC(=O)C=C[C@]4(C)[C@@]3(F)[C@@H](O)C[C@@]21C. The van der Waals surface area contributed by atoms with Gasteiger partial charge in [-0.25, -0.2) is 12.8 Å². The molecule has 1 aromatic rings. The summed E-state index contributed by atoms with van der Waals surface area (Å²) in [5, 5.41) is 11.2. The molecule has 0 heterocycles. The van der Waals surface area contributed by atoms with Crippen LogP contribution in [-0.4, -0.2) is 65.6 Å². The van der Waals surface area contributed by atoms with Crippen molar-refractivity contribution in [2.24, 2.45) is 28.6 Å². The molecule has 0 bridgehead atoms. The van der Waals surface area contributed by atoms with E-state index in [1.807, 2.05) is 0 Å². The molecular weight excluding hydrogens is 607 g/mol. The normalized spacial score (nSPS) is 37.8. The van der Waals surface area contributed by atoms with Crippen molar-refractivity contribution in [2.45, 2.75) is 82.1 Å². The maximum absolute atomic E-state index is 17.6. The number of halogens is 1. The number of hydrogen-bond donors (Lipinski definition) is 1. The Morgan fingerprint density at radius 3 is 2.41 bits per heavy atom. The summed E-state index contributed by atoms with van der Waals surface area (Å²) in [6.45, 7) is 6.94. The van der Waals surface area contributed by atoms with Crippen LogP contribution in [0.2, 0.25) is 0 Å². The van der Waals surface area contributed by atoms with E-state index in [-0.39, 0.29) is 34.8 Å². The molecule has 238 valence electrons. The topological polar surface area (TPSA) is 132 Å². The average molecular weight is 647 g/mol. The Kier molecular flexibility index (Phi) is 8.20. The Morgan fingerprint density at radius 2 is 1.80 bits per heavy atom. The maximum atomic E-state index is 17.6. The third kappa shape index (κ3) is 4.67. The first-order chi connectivity index (χ1) is 20.5. The van der Waals surface area contributed by atoms with Gasteiger partial charge in [-0.2, -0.15) is 0 Å². The average Bonchev–Trinajstić information content (AvgIpc) is 3.18. The number of hydrogen-bond acceptors (Lipinski definition) is 9. The number of ether oxygens (including phenoxy) is 1. The number of rotatable bonds is 7. The summed E-state index contributed by atoms with van der Waals surface area (Å²) < 4.78 is 47.3. The molecule has 0 unspecified atom stereocenters. The monoisotopic (exact) mass is 646 g/mol. The van der Waals surface area contributed by atoms with Gasteiger partial charge in [0, 0.05) is 40.9 Å². The lowest BCUT2D eigenvalue weighted by atomic mass is 9.45. The van der Waals surface area contributed by atoms with Crippen molar-refractivity contribution in [1.82, 2.24) is 0 Å². The minimum atomic E-state index is -3.45. The number of fused-ring (bicyclic) bond motifs is 5. The lowest BCUT2D eigenvalue weighted by molar-refractivity contribution is -0.225. The highest BCUT2D eigenvalue weighted by atomic mass is 32.2. The van der Waals surface area contributed by atoms with Crippen LogP contribution in [0, 0.1) is 28.6 Å². The molecule has 5 rings (SSSR count). The molecule has 0 aliphatic heterocycles. The molecule has 4 aliphatic carbocycles. The molecule has 8 atom stereocenters. The number of aliphatic hydroxyl groups excluding tert-OH is 1. The number of alkyl halides is 1. The number of Topliss-reactive ketones (excluding diaryl/α,β-unsaturated/α-hetero) is 1. The zero-order valence-corrected chi connectivity index (χ0v) is 27.2. The van der Waals surface area contributed by atoms with Gasteiger partial charge in [-0.1, -0.05) is 56.3 Å². The third-order valence-electron chi connectivity index (χ3n) is 11.0. The summed E-state index contributed by atoms with van der Waals surface area (Å²) in [7, 11) is -3.45. The van der Waals surface area contributed by atoms with Crippen molar-refractivity contribution in [2.75, 3.05) is 12.0 Å². The highest BCUT2D eigenvalue weighted by Gasteiger charge is 2.77. The van der Waals surface area contributed by atoms with E-state index in [1.54, 1.807) is 33.8 Å². The third-order valence-corrected chi connectivity index (χ3v) is 13.1. The number of allylic oxidation sites excluding steroid dienone is 4.